The smallest absolute Gasteiger partial charge is 0.262 e. The molecule has 0 aliphatic carbocycles. The quantitative estimate of drug-likeness (QED) is 0.849. The maximum atomic E-state index is 11.6. The Morgan fingerprint density at radius 1 is 1.79 bits per heavy atom. The molecule has 0 aliphatic heterocycles. The van der Waals surface area contributed by atoms with Gasteiger partial charge in [-0.05, 0) is 40.7 Å². The molecular formula is C9H11BrClNOS. The van der Waals surface area contributed by atoms with E-state index in [-0.39, 0.29) is 11.9 Å². The van der Waals surface area contributed by atoms with E-state index in [1.807, 2.05) is 18.4 Å². The van der Waals surface area contributed by atoms with Crippen LogP contribution in [0, 0.1) is 0 Å². The van der Waals surface area contributed by atoms with Gasteiger partial charge in [0.15, 0.2) is 0 Å². The van der Waals surface area contributed by atoms with Crippen molar-refractivity contribution in [1.82, 2.24) is 5.32 Å². The van der Waals surface area contributed by atoms with Crippen molar-refractivity contribution in [3.05, 3.63) is 20.8 Å². The molecule has 0 aromatic carbocycles. The number of hydrogen-bond donors (Lipinski definition) is 1. The summed E-state index contributed by atoms with van der Waals surface area (Å²) in [6.45, 7) is 1.95. The topological polar surface area (TPSA) is 29.1 Å². The lowest BCUT2D eigenvalue weighted by Gasteiger charge is -2.11. The van der Waals surface area contributed by atoms with Gasteiger partial charge in [0.1, 0.15) is 4.88 Å². The molecule has 1 rings (SSSR count). The first-order valence-electron chi connectivity index (χ1n) is 4.25. The predicted molar refractivity (Wildman–Crippen MR) is 64.3 cm³/mol. The standard InChI is InChI=1S/C9H11BrClNOS/c1-6(2-4-11)12-9(13)8-7(10)3-5-14-8/h3,5-6H,2,4H2,1H3,(H,12,13). The zero-order valence-electron chi connectivity index (χ0n) is 7.72. The summed E-state index contributed by atoms with van der Waals surface area (Å²) in [5.41, 5.74) is 0. The van der Waals surface area contributed by atoms with Crippen molar-refractivity contribution >= 4 is 44.8 Å². The van der Waals surface area contributed by atoms with Gasteiger partial charge in [-0.15, -0.1) is 22.9 Å². The van der Waals surface area contributed by atoms with Crippen LogP contribution in [0.2, 0.25) is 0 Å². The summed E-state index contributed by atoms with van der Waals surface area (Å²) in [4.78, 5) is 12.4. The minimum Gasteiger partial charge on any atom is -0.349 e. The molecule has 1 heterocycles. The molecule has 0 bridgehead atoms. The summed E-state index contributed by atoms with van der Waals surface area (Å²) < 4.78 is 0.845. The van der Waals surface area contributed by atoms with Gasteiger partial charge in [-0.2, -0.15) is 0 Å². The van der Waals surface area contributed by atoms with Gasteiger partial charge >= 0.3 is 0 Å². The van der Waals surface area contributed by atoms with Crippen LogP contribution in [0.1, 0.15) is 23.0 Å². The average molecular weight is 297 g/mol. The van der Waals surface area contributed by atoms with E-state index in [0.29, 0.717) is 10.8 Å². The van der Waals surface area contributed by atoms with E-state index in [1.54, 1.807) is 0 Å². The highest BCUT2D eigenvalue weighted by Crippen LogP contribution is 2.22. The monoisotopic (exact) mass is 295 g/mol. The van der Waals surface area contributed by atoms with E-state index in [2.05, 4.69) is 21.2 Å². The Labute approximate surface area is 101 Å². The van der Waals surface area contributed by atoms with Gasteiger partial charge in [-0.1, -0.05) is 0 Å². The highest BCUT2D eigenvalue weighted by molar-refractivity contribution is 9.10. The summed E-state index contributed by atoms with van der Waals surface area (Å²) >= 11 is 10.3. The van der Waals surface area contributed by atoms with Crippen LogP contribution in [0.4, 0.5) is 0 Å². The third-order valence-corrected chi connectivity index (χ3v) is 3.80. The largest absolute Gasteiger partial charge is 0.349 e. The molecular weight excluding hydrogens is 286 g/mol. The van der Waals surface area contributed by atoms with Gasteiger partial charge in [0.05, 0.1) is 0 Å². The molecule has 0 spiro atoms. The van der Waals surface area contributed by atoms with Gasteiger partial charge in [0.2, 0.25) is 0 Å². The molecule has 0 aliphatic rings. The molecule has 14 heavy (non-hydrogen) atoms. The highest BCUT2D eigenvalue weighted by Gasteiger charge is 2.13. The van der Waals surface area contributed by atoms with E-state index < -0.39 is 0 Å². The molecule has 0 saturated heterocycles. The zero-order chi connectivity index (χ0) is 10.6. The summed E-state index contributed by atoms with van der Waals surface area (Å²) in [6.07, 6.45) is 0.788. The third kappa shape index (κ3) is 3.26. The molecule has 1 atom stereocenters. The molecule has 0 saturated carbocycles. The molecule has 1 N–H and O–H groups in total. The summed E-state index contributed by atoms with van der Waals surface area (Å²) in [5, 5.41) is 4.76. The first-order valence-corrected chi connectivity index (χ1v) is 6.45. The fourth-order valence-electron chi connectivity index (χ4n) is 0.981. The molecule has 2 nitrogen and oxygen atoms in total. The van der Waals surface area contributed by atoms with Crippen molar-refractivity contribution in [2.75, 3.05) is 5.88 Å². The number of halogens is 2. The molecule has 78 valence electrons. The first-order chi connectivity index (χ1) is 6.65. The van der Waals surface area contributed by atoms with Crippen LogP contribution in [0.25, 0.3) is 0 Å². The van der Waals surface area contributed by atoms with Crippen LogP contribution >= 0.6 is 38.9 Å². The van der Waals surface area contributed by atoms with Crippen molar-refractivity contribution in [1.29, 1.82) is 0 Å². The summed E-state index contributed by atoms with van der Waals surface area (Å²) in [6, 6.07) is 1.99. The highest BCUT2D eigenvalue weighted by atomic mass is 79.9. The maximum absolute atomic E-state index is 11.6. The van der Waals surface area contributed by atoms with E-state index in [1.165, 1.54) is 11.3 Å². The number of rotatable bonds is 4. The van der Waals surface area contributed by atoms with Gasteiger partial charge < -0.3 is 5.32 Å². The van der Waals surface area contributed by atoms with Crippen molar-refractivity contribution in [2.24, 2.45) is 0 Å². The minimum atomic E-state index is -0.0375. The molecule has 1 unspecified atom stereocenters. The third-order valence-electron chi connectivity index (χ3n) is 1.74. The fraction of sp³-hybridized carbons (Fsp3) is 0.444. The number of carbonyl (C=O) groups excluding carboxylic acids is 1. The van der Waals surface area contributed by atoms with Gasteiger partial charge in [0, 0.05) is 16.4 Å². The molecule has 1 amide bonds. The molecule has 0 radical (unpaired) electrons. The van der Waals surface area contributed by atoms with Crippen LogP contribution in [-0.2, 0) is 0 Å². The fourth-order valence-corrected chi connectivity index (χ4v) is 2.76. The molecule has 1 aromatic rings. The number of thiophene rings is 1. The Kier molecular flexibility index (Phi) is 4.92. The van der Waals surface area contributed by atoms with Crippen LogP contribution in [0.5, 0.6) is 0 Å². The number of hydrogen-bond acceptors (Lipinski definition) is 2. The van der Waals surface area contributed by atoms with Crippen molar-refractivity contribution < 1.29 is 4.79 Å². The first kappa shape index (κ1) is 12.0. The Balaban J connectivity index is 2.55. The maximum Gasteiger partial charge on any atom is 0.262 e. The van der Waals surface area contributed by atoms with Gasteiger partial charge in [-0.3, -0.25) is 4.79 Å². The van der Waals surface area contributed by atoms with Crippen LogP contribution in [-0.4, -0.2) is 17.8 Å². The summed E-state index contributed by atoms with van der Waals surface area (Å²) in [7, 11) is 0. The molecule has 0 fully saturated rings. The molecule has 1 aromatic heterocycles. The second-order valence-electron chi connectivity index (χ2n) is 2.95. The molecule has 5 heteroatoms. The lowest BCUT2D eigenvalue weighted by Crippen LogP contribution is -2.32. The average Bonchev–Trinajstić information content (AvgIpc) is 2.51. The second kappa shape index (κ2) is 5.73. The van der Waals surface area contributed by atoms with Crippen LogP contribution < -0.4 is 5.32 Å². The van der Waals surface area contributed by atoms with Crippen LogP contribution in [0.3, 0.4) is 0 Å². The normalized spacial score (nSPS) is 12.5. The van der Waals surface area contributed by atoms with Crippen molar-refractivity contribution in [2.45, 2.75) is 19.4 Å². The zero-order valence-corrected chi connectivity index (χ0v) is 10.9. The second-order valence-corrected chi connectivity index (χ2v) is 5.10. The van der Waals surface area contributed by atoms with E-state index >= 15 is 0 Å². The Morgan fingerprint density at radius 3 is 3.00 bits per heavy atom. The Morgan fingerprint density at radius 2 is 2.50 bits per heavy atom. The van der Waals surface area contributed by atoms with E-state index in [4.69, 9.17) is 11.6 Å². The van der Waals surface area contributed by atoms with Crippen molar-refractivity contribution in [3.63, 3.8) is 0 Å². The lowest BCUT2D eigenvalue weighted by molar-refractivity contribution is 0.0943. The predicted octanol–water partition coefficient (Wildman–Crippen LogP) is 3.26. The van der Waals surface area contributed by atoms with E-state index in [9.17, 15) is 4.79 Å². The SMILES string of the molecule is CC(CCCl)NC(=O)c1sccc1Br. The van der Waals surface area contributed by atoms with Crippen molar-refractivity contribution in [3.8, 4) is 0 Å². The number of carbonyl (C=O) groups is 1. The summed E-state index contributed by atoms with van der Waals surface area (Å²) in [5.74, 6) is 0.525. The number of nitrogens with one attached hydrogen (secondary N) is 1. The van der Waals surface area contributed by atoms with Gasteiger partial charge in [0.25, 0.3) is 5.91 Å². The van der Waals surface area contributed by atoms with Crippen LogP contribution in [0.15, 0.2) is 15.9 Å². The Hall–Kier alpha value is -0.0600. The lowest BCUT2D eigenvalue weighted by atomic mass is 10.2. The number of amides is 1. The Bertz CT molecular complexity index is 316. The number of alkyl halides is 1. The van der Waals surface area contributed by atoms with E-state index in [0.717, 1.165) is 10.9 Å². The minimum absolute atomic E-state index is 0.0375. The van der Waals surface area contributed by atoms with Gasteiger partial charge in [-0.25, -0.2) is 0 Å².